The van der Waals surface area contributed by atoms with Gasteiger partial charge in [-0.15, -0.1) is 0 Å². The second kappa shape index (κ2) is 20.4. The first kappa shape index (κ1) is 44.2. The third kappa shape index (κ3) is 9.87. The molecule has 0 fully saturated rings. The fourth-order valence-corrected chi connectivity index (χ4v) is 11.1. The molecule has 0 radical (unpaired) electrons. The molecule has 0 bridgehead atoms. The molecule has 0 amide bonds. The summed E-state index contributed by atoms with van der Waals surface area (Å²) in [6.45, 7) is 13.5. The van der Waals surface area contributed by atoms with E-state index >= 15 is 0 Å². The van der Waals surface area contributed by atoms with Crippen molar-refractivity contribution in [2.24, 2.45) is 0 Å². The van der Waals surface area contributed by atoms with Crippen molar-refractivity contribution in [2.75, 3.05) is 0 Å². The van der Waals surface area contributed by atoms with Gasteiger partial charge in [0, 0.05) is 5.41 Å². The van der Waals surface area contributed by atoms with Crippen LogP contribution in [0.25, 0.3) is 68.1 Å². The molecule has 0 saturated heterocycles. The molecule has 1 aliphatic carbocycles. The Bertz CT molecular complexity index is 2640. The predicted octanol–water partition coefficient (Wildman–Crippen LogP) is 19.0. The highest BCUT2D eigenvalue weighted by Gasteiger charge is 2.42. The van der Waals surface area contributed by atoms with Crippen molar-refractivity contribution in [3.05, 3.63) is 177 Å². The molecule has 1 aliphatic rings. The zero-order valence-corrected chi connectivity index (χ0v) is 39.3. The summed E-state index contributed by atoms with van der Waals surface area (Å²) in [6, 6.07) is 46.8. The fraction of sp³-hybridized carbons (Fsp3) is 0.333. The highest BCUT2D eigenvalue weighted by atomic mass is 14.4. The van der Waals surface area contributed by atoms with Gasteiger partial charge in [-0.05, 0) is 118 Å². The molecule has 7 aromatic carbocycles. The maximum Gasteiger partial charge on any atom is 0.0215 e. The highest BCUT2D eigenvalue weighted by molar-refractivity contribution is 6.18. The summed E-state index contributed by atoms with van der Waals surface area (Å²) in [4.78, 5) is 0. The molecule has 0 saturated carbocycles. The van der Waals surface area contributed by atoms with Gasteiger partial charge in [-0.3, -0.25) is 0 Å². The number of hydrogen-bond acceptors (Lipinski definition) is 0. The summed E-state index contributed by atoms with van der Waals surface area (Å²) >= 11 is 0. The van der Waals surface area contributed by atoms with Gasteiger partial charge in [0.25, 0.3) is 0 Å². The zero-order valence-electron chi connectivity index (χ0n) is 39.3. The van der Waals surface area contributed by atoms with Crippen LogP contribution in [0.15, 0.2) is 121 Å². The van der Waals surface area contributed by atoms with E-state index in [1.54, 1.807) is 11.1 Å². The first-order chi connectivity index (χ1) is 30.8. The largest absolute Gasteiger partial charge is 0.0654 e. The van der Waals surface area contributed by atoms with Crippen LogP contribution in [0.5, 0.6) is 0 Å². The van der Waals surface area contributed by atoms with Gasteiger partial charge in [-0.2, -0.15) is 0 Å². The Morgan fingerprint density at radius 1 is 0.381 bits per heavy atom. The molecule has 0 spiro atoms. The van der Waals surface area contributed by atoms with E-state index in [1.165, 1.54) is 178 Å². The molecule has 0 atom stereocenters. The Hall–Kier alpha value is -5.46. The van der Waals surface area contributed by atoms with E-state index in [0.717, 1.165) is 0 Å². The monoisotopic (exact) mass is 827 g/mol. The maximum atomic E-state index is 2.60. The van der Waals surface area contributed by atoms with Crippen LogP contribution in [0, 0.1) is 27.7 Å². The van der Waals surface area contributed by atoms with Crippen molar-refractivity contribution in [1.82, 2.24) is 0 Å². The number of rotatable bonds is 19. The Morgan fingerprint density at radius 3 is 1.29 bits per heavy atom. The van der Waals surface area contributed by atoms with Crippen molar-refractivity contribution in [1.29, 1.82) is 0 Å². The molecule has 0 N–H and O–H groups in total. The van der Waals surface area contributed by atoms with Crippen LogP contribution < -0.4 is 0 Å². The van der Waals surface area contributed by atoms with Gasteiger partial charge in [0.05, 0.1) is 0 Å². The lowest BCUT2D eigenvalue weighted by Crippen LogP contribution is -2.25. The minimum absolute atomic E-state index is 0.000784. The van der Waals surface area contributed by atoms with Crippen molar-refractivity contribution in [3.8, 4) is 22.3 Å². The van der Waals surface area contributed by atoms with Crippen molar-refractivity contribution in [3.63, 3.8) is 0 Å². The molecule has 8 rings (SSSR count). The van der Waals surface area contributed by atoms with E-state index < -0.39 is 0 Å². The van der Waals surface area contributed by atoms with E-state index in [0.29, 0.717) is 0 Å². The molecule has 0 nitrogen and oxygen atoms in total. The third-order valence-corrected chi connectivity index (χ3v) is 14.0. The Kier molecular flexibility index (Phi) is 14.3. The average Bonchev–Trinajstić information content (AvgIpc) is 3.53. The predicted molar refractivity (Wildman–Crippen MR) is 279 cm³/mol. The molecule has 0 heterocycles. The molecule has 0 aliphatic heterocycles. The molecular weight excluding hydrogens is 757 g/mol. The Labute approximate surface area is 380 Å². The second-order valence-corrected chi connectivity index (χ2v) is 19.1. The molecule has 0 aromatic heterocycles. The van der Waals surface area contributed by atoms with Gasteiger partial charge in [0.15, 0.2) is 0 Å². The lowest BCUT2D eigenvalue weighted by Gasteiger charge is -2.33. The number of aryl methyl sites for hydroxylation is 4. The minimum Gasteiger partial charge on any atom is -0.0654 e. The third-order valence-electron chi connectivity index (χ3n) is 14.0. The van der Waals surface area contributed by atoms with Crippen molar-refractivity contribution >= 4 is 45.8 Å². The van der Waals surface area contributed by atoms with Crippen LogP contribution in [0.4, 0.5) is 0 Å². The van der Waals surface area contributed by atoms with E-state index in [2.05, 4.69) is 187 Å². The summed E-state index contributed by atoms with van der Waals surface area (Å²) in [7, 11) is 0. The maximum absolute atomic E-state index is 2.60. The molecular formula is C63H70. The standard InChI is InChI=1S/C63H70/c1-7-9-11-13-15-21-35-63(36-22-16-14-12-10-8-2)60-43-49(27-28-51-39-45(3)37-46(4)40-51)30-33-56(60)57-34-31-50(44-61(57)63)29-32-55-53-23-17-19-25-58(53)62(59-26-20-18-24-54(55)59)52-41-47(5)38-48(6)42-52/h17-20,23-34,37-44H,7-16,21-22,35-36H2,1-6H3/b28-27+,32-29+. The van der Waals surface area contributed by atoms with Crippen LogP contribution >= 0.6 is 0 Å². The summed E-state index contributed by atoms with van der Waals surface area (Å²) in [5, 5.41) is 5.23. The van der Waals surface area contributed by atoms with Gasteiger partial charge >= 0.3 is 0 Å². The van der Waals surface area contributed by atoms with E-state index in [9.17, 15) is 0 Å². The van der Waals surface area contributed by atoms with Crippen LogP contribution in [0.1, 0.15) is 159 Å². The molecule has 322 valence electrons. The minimum atomic E-state index is 0.000784. The van der Waals surface area contributed by atoms with Crippen molar-refractivity contribution < 1.29 is 0 Å². The zero-order chi connectivity index (χ0) is 43.8. The molecule has 7 aromatic rings. The van der Waals surface area contributed by atoms with Gasteiger partial charge < -0.3 is 0 Å². The smallest absolute Gasteiger partial charge is 0.0215 e. The first-order valence-electron chi connectivity index (χ1n) is 24.5. The van der Waals surface area contributed by atoms with Gasteiger partial charge in [0.2, 0.25) is 0 Å². The Balaban J connectivity index is 1.22. The van der Waals surface area contributed by atoms with Crippen LogP contribution in [0.3, 0.4) is 0 Å². The number of benzene rings is 7. The first-order valence-corrected chi connectivity index (χ1v) is 24.5. The molecule has 63 heavy (non-hydrogen) atoms. The summed E-state index contributed by atoms with van der Waals surface area (Å²) in [5.74, 6) is 0. The lowest BCUT2D eigenvalue weighted by atomic mass is 9.70. The SMILES string of the molecule is CCCCCCCCC1(CCCCCCCC)c2cc(/C=C/c3cc(C)cc(C)c3)ccc2-c2ccc(/C=C/c3c4ccccc4c(-c4cc(C)cc(C)c4)c4ccccc34)cc21. The van der Waals surface area contributed by atoms with Crippen molar-refractivity contribution in [2.45, 2.75) is 137 Å². The van der Waals surface area contributed by atoms with Gasteiger partial charge in [-0.1, -0.05) is 259 Å². The van der Waals surface area contributed by atoms with Gasteiger partial charge in [-0.25, -0.2) is 0 Å². The van der Waals surface area contributed by atoms with E-state index in [4.69, 9.17) is 0 Å². The summed E-state index contributed by atoms with van der Waals surface area (Å²) in [6.07, 6.45) is 27.7. The topological polar surface area (TPSA) is 0 Å². The molecule has 0 unspecified atom stereocenters. The number of unbranched alkanes of at least 4 members (excludes halogenated alkanes) is 10. The number of fused-ring (bicyclic) bond motifs is 5. The Morgan fingerprint density at radius 2 is 0.794 bits per heavy atom. The average molecular weight is 827 g/mol. The summed E-state index contributed by atoms with van der Waals surface area (Å²) in [5.41, 5.74) is 19.0. The molecule has 0 heteroatoms. The van der Waals surface area contributed by atoms with Crippen LogP contribution in [-0.2, 0) is 5.41 Å². The van der Waals surface area contributed by atoms with Crippen LogP contribution in [0.2, 0.25) is 0 Å². The fourth-order valence-electron chi connectivity index (χ4n) is 11.1. The van der Waals surface area contributed by atoms with Crippen LogP contribution in [-0.4, -0.2) is 0 Å². The van der Waals surface area contributed by atoms with E-state index in [1.807, 2.05) is 0 Å². The quantitative estimate of drug-likeness (QED) is 0.0433. The van der Waals surface area contributed by atoms with Gasteiger partial charge in [0.1, 0.15) is 0 Å². The second-order valence-electron chi connectivity index (χ2n) is 19.1. The lowest BCUT2D eigenvalue weighted by molar-refractivity contribution is 0.398. The highest BCUT2D eigenvalue weighted by Crippen LogP contribution is 2.55. The summed E-state index contributed by atoms with van der Waals surface area (Å²) < 4.78 is 0. The van der Waals surface area contributed by atoms with E-state index in [-0.39, 0.29) is 5.41 Å². The normalized spacial score (nSPS) is 13.2. The number of hydrogen-bond donors (Lipinski definition) is 0.